The van der Waals surface area contributed by atoms with Gasteiger partial charge in [-0.1, -0.05) is 0 Å². The van der Waals surface area contributed by atoms with Crippen LogP contribution in [0.15, 0.2) is 42.9 Å². The Hall–Kier alpha value is -3.92. The second-order valence-corrected chi connectivity index (χ2v) is 6.31. The number of carboxylic acids is 1. The van der Waals surface area contributed by atoms with Crippen molar-refractivity contribution >= 4 is 34.1 Å². The summed E-state index contributed by atoms with van der Waals surface area (Å²) in [5.41, 5.74) is 4.54. The van der Waals surface area contributed by atoms with E-state index in [2.05, 4.69) is 25.0 Å². The standard InChI is InChI=1S/C16H12N4O2.C4H9NO3/c1-20-8-11(10-6-9(16(21)22)2-3-14(10)20)12-7-13-15(19-12)18-5-4-17-13;1-8-4(7)5-2-3-6/h2-8H,1H3,(H,18,19)(H,21,22);6H,2-3H2,1H3,(H,5,7). The van der Waals surface area contributed by atoms with Crippen LogP contribution in [0.3, 0.4) is 0 Å². The number of rotatable bonds is 4. The molecule has 0 spiro atoms. The number of hydrogen-bond donors (Lipinski definition) is 4. The molecule has 0 unspecified atom stereocenters. The van der Waals surface area contributed by atoms with E-state index in [1.165, 1.54) is 7.11 Å². The van der Waals surface area contributed by atoms with E-state index in [9.17, 15) is 14.7 Å². The molecular formula is C20H21N5O5. The summed E-state index contributed by atoms with van der Waals surface area (Å²) in [4.78, 5) is 33.1. The zero-order valence-electron chi connectivity index (χ0n) is 16.4. The number of carbonyl (C=O) groups excluding carboxylic acids is 1. The zero-order valence-corrected chi connectivity index (χ0v) is 16.4. The minimum Gasteiger partial charge on any atom is -0.478 e. The molecule has 0 aliphatic carbocycles. The number of nitrogens with one attached hydrogen (secondary N) is 2. The fourth-order valence-corrected chi connectivity index (χ4v) is 2.97. The number of fused-ring (bicyclic) bond motifs is 2. The second kappa shape index (κ2) is 9.05. The Labute approximate surface area is 171 Å². The van der Waals surface area contributed by atoms with Gasteiger partial charge in [-0.05, 0) is 24.3 Å². The second-order valence-electron chi connectivity index (χ2n) is 6.31. The number of aromatic amines is 1. The van der Waals surface area contributed by atoms with Crippen molar-refractivity contribution in [3.8, 4) is 11.3 Å². The fourth-order valence-electron chi connectivity index (χ4n) is 2.97. The summed E-state index contributed by atoms with van der Waals surface area (Å²) in [6, 6.07) is 7.05. The van der Waals surface area contributed by atoms with Crippen molar-refractivity contribution in [1.29, 1.82) is 0 Å². The number of aromatic carboxylic acids is 1. The third-order valence-corrected chi connectivity index (χ3v) is 4.35. The molecule has 10 nitrogen and oxygen atoms in total. The Morgan fingerprint density at radius 2 is 2.00 bits per heavy atom. The van der Waals surface area contributed by atoms with E-state index in [4.69, 9.17) is 5.11 Å². The van der Waals surface area contributed by atoms with Crippen molar-refractivity contribution in [3.05, 3.63) is 48.4 Å². The minimum atomic E-state index is -0.934. The number of carbonyl (C=O) groups is 2. The third-order valence-electron chi connectivity index (χ3n) is 4.35. The number of carboxylic acid groups (broad SMARTS) is 1. The zero-order chi connectivity index (χ0) is 21.7. The summed E-state index contributed by atoms with van der Waals surface area (Å²) in [5, 5.41) is 20.5. The van der Waals surface area contributed by atoms with E-state index in [1.807, 2.05) is 29.9 Å². The highest BCUT2D eigenvalue weighted by molar-refractivity contribution is 6.01. The maximum absolute atomic E-state index is 11.2. The molecule has 0 atom stereocenters. The lowest BCUT2D eigenvalue weighted by Crippen LogP contribution is -2.25. The Balaban J connectivity index is 0.000000275. The molecule has 10 heteroatoms. The van der Waals surface area contributed by atoms with Crippen molar-refractivity contribution in [2.24, 2.45) is 7.05 Å². The van der Waals surface area contributed by atoms with E-state index in [-0.39, 0.29) is 18.7 Å². The number of methoxy groups -OCH3 is 1. The van der Waals surface area contributed by atoms with Crippen LogP contribution in [0.25, 0.3) is 33.3 Å². The maximum Gasteiger partial charge on any atom is 0.406 e. The third kappa shape index (κ3) is 4.39. The molecule has 0 fully saturated rings. The first-order valence-corrected chi connectivity index (χ1v) is 8.99. The van der Waals surface area contributed by atoms with Gasteiger partial charge in [-0.15, -0.1) is 0 Å². The van der Waals surface area contributed by atoms with Crippen LogP contribution in [0.1, 0.15) is 10.4 Å². The molecule has 3 heterocycles. The quantitative estimate of drug-likeness (QED) is 0.403. The van der Waals surface area contributed by atoms with Gasteiger partial charge in [0.15, 0.2) is 5.65 Å². The molecule has 0 bridgehead atoms. The summed E-state index contributed by atoms with van der Waals surface area (Å²) < 4.78 is 6.17. The van der Waals surface area contributed by atoms with Crippen LogP contribution in [-0.4, -0.2) is 62.1 Å². The van der Waals surface area contributed by atoms with Crippen molar-refractivity contribution < 1.29 is 24.5 Å². The first-order valence-electron chi connectivity index (χ1n) is 8.99. The lowest BCUT2D eigenvalue weighted by atomic mass is 10.1. The van der Waals surface area contributed by atoms with E-state index in [0.717, 1.165) is 27.7 Å². The molecule has 4 aromatic rings. The summed E-state index contributed by atoms with van der Waals surface area (Å²) in [7, 11) is 3.21. The lowest BCUT2D eigenvalue weighted by molar-refractivity contribution is 0.0697. The van der Waals surface area contributed by atoms with E-state index in [1.54, 1.807) is 24.5 Å². The van der Waals surface area contributed by atoms with Gasteiger partial charge in [0, 0.05) is 48.6 Å². The number of H-pyrrole nitrogens is 1. The number of alkyl carbamates (subject to hydrolysis) is 1. The first kappa shape index (κ1) is 20.8. The number of aryl methyl sites for hydroxylation is 1. The Kier molecular flexibility index (Phi) is 6.28. The van der Waals surface area contributed by atoms with Crippen LogP contribution >= 0.6 is 0 Å². The number of benzene rings is 1. The van der Waals surface area contributed by atoms with Crippen molar-refractivity contribution in [2.75, 3.05) is 20.3 Å². The predicted octanol–water partition coefficient (Wildman–Crippen LogP) is 2.15. The van der Waals surface area contributed by atoms with Crippen LogP contribution < -0.4 is 5.32 Å². The summed E-state index contributed by atoms with van der Waals surface area (Å²) in [5.74, 6) is -0.934. The van der Waals surface area contributed by atoms with Gasteiger partial charge in [0.25, 0.3) is 0 Å². The highest BCUT2D eigenvalue weighted by Gasteiger charge is 2.14. The topological polar surface area (TPSA) is 142 Å². The Morgan fingerprint density at radius 3 is 2.67 bits per heavy atom. The van der Waals surface area contributed by atoms with Crippen LogP contribution in [-0.2, 0) is 11.8 Å². The number of amides is 1. The fraction of sp³-hybridized carbons (Fsp3) is 0.200. The summed E-state index contributed by atoms with van der Waals surface area (Å²) in [6.45, 7) is 0.182. The van der Waals surface area contributed by atoms with E-state index >= 15 is 0 Å². The van der Waals surface area contributed by atoms with Gasteiger partial charge in [-0.2, -0.15) is 0 Å². The lowest BCUT2D eigenvalue weighted by Gasteiger charge is -1.99. The molecule has 1 aromatic carbocycles. The number of aliphatic hydroxyl groups excluding tert-OH is 1. The molecule has 0 radical (unpaired) electrons. The molecule has 4 N–H and O–H groups in total. The van der Waals surface area contributed by atoms with Gasteiger partial charge >= 0.3 is 12.1 Å². The van der Waals surface area contributed by atoms with E-state index in [0.29, 0.717) is 5.65 Å². The van der Waals surface area contributed by atoms with Crippen molar-refractivity contribution in [2.45, 2.75) is 0 Å². The molecule has 3 aromatic heterocycles. The van der Waals surface area contributed by atoms with Crippen LogP contribution in [0.4, 0.5) is 4.79 Å². The summed E-state index contributed by atoms with van der Waals surface area (Å²) >= 11 is 0. The highest BCUT2D eigenvalue weighted by Crippen LogP contribution is 2.31. The number of nitrogens with zero attached hydrogens (tertiary/aromatic N) is 3. The highest BCUT2D eigenvalue weighted by atomic mass is 16.5. The van der Waals surface area contributed by atoms with E-state index < -0.39 is 12.1 Å². The number of aromatic nitrogens is 4. The van der Waals surface area contributed by atoms with Crippen LogP contribution in [0.5, 0.6) is 0 Å². The normalized spacial score (nSPS) is 10.5. The summed E-state index contributed by atoms with van der Waals surface area (Å²) in [6.07, 6.45) is 4.74. The maximum atomic E-state index is 11.2. The number of aliphatic hydroxyl groups is 1. The molecule has 0 aliphatic heterocycles. The van der Waals surface area contributed by atoms with Gasteiger partial charge in [-0.25, -0.2) is 14.6 Å². The van der Waals surface area contributed by atoms with Gasteiger partial charge in [0.05, 0.1) is 25.0 Å². The van der Waals surface area contributed by atoms with Gasteiger partial charge in [0.1, 0.15) is 5.52 Å². The monoisotopic (exact) mass is 411 g/mol. The molecule has 0 saturated carbocycles. The smallest absolute Gasteiger partial charge is 0.406 e. The van der Waals surface area contributed by atoms with Crippen molar-refractivity contribution in [1.82, 2.24) is 24.8 Å². The first-order chi connectivity index (χ1) is 14.4. The number of hydrogen-bond acceptors (Lipinski definition) is 6. The molecule has 0 aliphatic rings. The molecular weight excluding hydrogens is 390 g/mol. The SMILES string of the molecule is COC(=O)NCCO.Cn1cc(-c2cc3nccnc3[nH]2)c2cc(C(=O)O)ccc21. The molecule has 4 rings (SSSR count). The molecule has 156 valence electrons. The largest absolute Gasteiger partial charge is 0.478 e. The van der Waals surface area contributed by atoms with Gasteiger partial charge in [0.2, 0.25) is 0 Å². The molecule has 0 saturated heterocycles. The average Bonchev–Trinajstić information content (AvgIpc) is 3.33. The van der Waals surface area contributed by atoms with Gasteiger partial charge in [-0.3, -0.25) is 4.98 Å². The Morgan fingerprint density at radius 1 is 1.23 bits per heavy atom. The van der Waals surface area contributed by atoms with Gasteiger partial charge < -0.3 is 29.8 Å². The van der Waals surface area contributed by atoms with Crippen molar-refractivity contribution in [3.63, 3.8) is 0 Å². The minimum absolute atomic E-state index is 0.0604. The van der Waals surface area contributed by atoms with Crippen LogP contribution in [0.2, 0.25) is 0 Å². The molecule has 30 heavy (non-hydrogen) atoms. The Bertz CT molecular complexity index is 1160. The molecule has 1 amide bonds. The predicted molar refractivity (Wildman–Crippen MR) is 110 cm³/mol. The van der Waals surface area contributed by atoms with Crippen LogP contribution in [0, 0.1) is 0 Å². The number of ether oxygens (including phenoxy) is 1. The average molecular weight is 411 g/mol.